The lowest BCUT2D eigenvalue weighted by Gasteiger charge is -2.18. The second-order valence-corrected chi connectivity index (χ2v) is 14.6. The molecule has 1 amide bonds. The van der Waals surface area contributed by atoms with Gasteiger partial charge in [0.15, 0.2) is 23.0 Å². The third-order valence-electron chi connectivity index (χ3n) is 10.1. The molecule has 4 aliphatic rings. The maximum absolute atomic E-state index is 13.8. The quantitative estimate of drug-likeness (QED) is 0.153. The van der Waals surface area contributed by atoms with Crippen molar-refractivity contribution in [1.29, 1.82) is 0 Å². The molecule has 0 radical (unpaired) electrons. The zero-order valence-electron chi connectivity index (χ0n) is 34.7. The van der Waals surface area contributed by atoms with Crippen LogP contribution in [0.2, 0.25) is 0 Å². The predicted octanol–water partition coefficient (Wildman–Crippen LogP) is 6.73. The molecule has 0 atom stereocenters. The molecular formula is C44H32F6N8O9. The van der Waals surface area contributed by atoms with E-state index in [0.717, 1.165) is 9.36 Å². The number of aromatic nitrogens is 4. The molecule has 0 saturated heterocycles. The van der Waals surface area contributed by atoms with Crippen LogP contribution >= 0.6 is 0 Å². The summed E-state index contributed by atoms with van der Waals surface area (Å²) in [5.74, 6) is -2.89. The van der Waals surface area contributed by atoms with Crippen molar-refractivity contribution in [1.82, 2.24) is 19.6 Å². The van der Waals surface area contributed by atoms with Gasteiger partial charge in [0, 0.05) is 74.0 Å². The minimum atomic E-state index is -3.78. The molecule has 0 aliphatic carbocycles. The summed E-state index contributed by atoms with van der Waals surface area (Å²) in [4.78, 5) is 58.3. The van der Waals surface area contributed by atoms with Crippen LogP contribution in [0.5, 0.6) is 23.0 Å². The number of halogens is 6. The molecule has 4 aliphatic heterocycles. The fraction of sp³-hybridized carbons (Fsp3) is 0.182. The van der Waals surface area contributed by atoms with Gasteiger partial charge in [-0.2, -0.15) is 10.2 Å². The number of carboxylic acid groups (broad SMARTS) is 1. The zero-order valence-corrected chi connectivity index (χ0v) is 34.7. The lowest BCUT2D eigenvalue weighted by atomic mass is 10.1. The number of nitrogens with one attached hydrogen (secondary N) is 1. The topological polar surface area (TPSA) is 201 Å². The highest BCUT2D eigenvalue weighted by atomic mass is 19.3. The van der Waals surface area contributed by atoms with Crippen molar-refractivity contribution >= 4 is 47.1 Å². The highest BCUT2D eigenvalue weighted by Gasteiger charge is 2.44. The average molecular weight is 931 g/mol. The van der Waals surface area contributed by atoms with E-state index in [4.69, 9.17) is 5.11 Å². The lowest BCUT2D eigenvalue weighted by molar-refractivity contribution is -0.287. The molecular weight excluding hydrogens is 899 g/mol. The van der Waals surface area contributed by atoms with E-state index < -0.39 is 60.3 Å². The Kier molecular flexibility index (Phi) is 12.0. The standard InChI is InChI=1S/C22H15F3N4O4.C14H10FN3O3.C8H7F2NO2/c1-28(14-5-6-16-17(10-14)33-22(24,25)32-16)18(30)11-29-21(31)15-7-8-26-20(15)19(27-29)12-3-2-4-13(23)9-12;15-9-3-1-2-8(6-9)12-13-10(4-5-16-13)14(21)18(17-12)7-11(19)20;1-11-5-2-3-6-7(4-5)13-8(9,10)12-6/h2-6,8-10H,7,11H2,1H3;1-3,5-6H,4,7H2,(H,19,20);2-4,11H,1H3. The maximum atomic E-state index is 13.8. The third-order valence-corrected chi connectivity index (χ3v) is 10.1. The molecule has 6 aromatic rings. The van der Waals surface area contributed by atoms with Gasteiger partial charge in [-0.05, 0) is 48.5 Å². The Bertz CT molecular complexity index is 3160. The summed E-state index contributed by atoms with van der Waals surface area (Å²) in [6, 6.07) is 19.8. The highest BCUT2D eigenvalue weighted by Crippen LogP contribution is 2.44. The number of rotatable bonds is 8. The Morgan fingerprint density at radius 3 is 1.66 bits per heavy atom. The van der Waals surface area contributed by atoms with E-state index in [9.17, 15) is 45.5 Å². The number of benzene rings is 4. The van der Waals surface area contributed by atoms with Crippen molar-refractivity contribution in [2.45, 2.75) is 38.5 Å². The van der Waals surface area contributed by atoms with Gasteiger partial charge in [-0.3, -0.25) is 29.2 Å². The van der Waals surface area contributed by atoms with Crippen LogP contribution in [-0.2, 0) is 35.5 Å². The first kappa shape index (κ1) is 45.1. The third kappa shape index (κ3) is 9.65. The minimum Gasteiger partial charge on any atom is -0.480 e. The molecule has 0 unspecified atom stereocenters. The van der Waals surface area contributed by atoms with Crippen molar-refractivity contribution < 1.29 is 60.0 Å². The van der Waals surface area contributed by atoms with Crippen LogP contribution in [0.4, 0.5) is 49.1 Å². The first-order chi connectivity index (χ1) is 31.9. The van der Waals surface area contributed by atoms with E-state index in [-0.39, 0.29) is 40.8 Å². The van der Waals surface area contributed by atoms with Crippen LogP contribution in [0.1, 0.15) is 11.1 Å². The summed E-state index contributed by atoms with van der Waals surface area (Å²) in [5.41, 5.74) is 2.88. The molecule has 6 heterocycles. The van der Waals surface area contributed by atoms with Crippen molar-refractivity contribution in [2.24, 2.45) is 9.98 Å². The number of aliphatic imine (C=N–C) groups is 2. The number of fused-ring (bicyclic) bond motifs is 4. The molecule has 17 nitrogen and oxygen atoms in total. The molecule has 0 saturated carbocycles. The van der Waals surface area contributed by atoms with Crippen LogP contribution in [-0.4, -0.2) is 75.7 Å². The van der Waals surface area contributed by atoms with Crippen LogP contribution in [0.15, 0.2) is 105 Å². The summed E-state index contributed by atoms with van der Waals surface area (Å²) in [6.07, 6.45) is -3.62. The molecule has 23 heteroatoms. The number of hydrogen-bond acceptors (Lipinski definition) is 13. The van der Waals surface area contributed by atoms with Crippen LogP contribution < -0.4 is 40.3 Å². The number of anilines is 2. The van der Waals surface area contributed by atoms with Gasteiger partial charge < -0.3 is 34.3 Å². The normalized spacial score (nSPS) is 14.6. The monoisotopic (exact) mass is 930 g/mol. The van der Waals surface area contributed by atoms with Crippen molar-refractivity contribution in [3.8, 4) is 45.5 Å². The maximum Gasteiger partial charge on any atom is 0.586 e. The van der Waals surface area contributed by atoms with Gasteiger partial charge in [0.2, 0.25) is 5.91 Å². The number of nitrogens with zero attached hydrogens (tertiary/aromatic N) is 7. The number of alkyl halides is 4. The van der Waals surface area contributed by atoms with E-state index in [1.165, 1.54) is 78.7 Å². The SMILES string of the molecule is CN(C(=O)Cn1nc(-c2cccc(F)c2)c2c(c1=O)CC=N2)c1ccc2c(c1)OC(F)(F)O2.CNc1ccc2c(c1)OC(F)(F)O2.O=C(O)Cn1nc(-c2cccc(F)c2)c2c(c1=O)CC=N2. The molecule has 2 N–H and O–H groups in total. The van der Waals surface area contributed by atoms with E-state index in [0.29, 0.717) is 51.4 Å². The Balaban J connectivity index is 0.000000152. The Labute approximate surface area is 372 Å². The van der Waals surface area contributed by atoms with E-state index in [2.05, 4.69) is 44.4 Å². The first-order valence-corrected chi connectivity index (χ1v) is 19.7. The summed E-state index contributed by atoms with van der Waals surface area (Å²) in [5, 5.41) is 20.0. The first-order valence-electron chi connectivity index (χ1n) is 19.7. The molecule has 344 valence electrons. The van der Waals surface area contributed by atoms with Crippen LogP contribution in [0.3, 0.4) is 0 Å². The van der Waals surface area contributed by atoms with Gasteiger partial charge in [-0.15, -0.1) is 17.6 Å². The van der Waals surface area contributed by atoms with Crippen LogP contribution in [0.25, 0.3) is 22.5 Å². The number of hydrogen-bond donors (Lipinski definition) is 2. The molecule has 67 heavy (non-hydrogen) atoms. The van der Waals surface area contributed by atoms with E-state index in [1.807, 2.05) is 0 Å². The summed E-state index contributed by atoms with van der Waals surface area (Å²) in [7, 11) is 3.11. The molecule has 0 fully saturated rings. The van der Waals surface area contributed by atoms with E-state index in [1.54, 1.807) is 37.7 Å². The molecule has 0 spiro atoms. The predicted molar refractivity (Wildman–Crippen MR) is 227 cm³/mol. The van der Waals surface area contributed by atoms with Gasteiger partial charge in [0.05, 0.1) is 22.5 Å². The number of carbonyl (C=O) groups is 2. The Hall–Kier alpha value is -8.50. The summed E-state index contributed by atoms with van der Waals surface area (Å²) < 4.78 is 97.8. The Morgan fingerprint density at radius 2 is 1.16 bits per heavy atom. The van der Waals surface area contributed by atoms with Crippen molar-refractivity contribution in [3.05, 3.63) is 128 Å². The van der Waals surface area contributed by atoms with Gasteiger partial charge in [-0.25, -0.2) is 18.1 Å². The van der Waals surface area contributed by atoms with E-state index >= 15 is 0 Å². The number of likely N-dealkylation sites (N-methyl/N-ethyl adjacent to an activating group) is 1. The zero-order chi connectivity index (χ0) is 47.8. The lowest BCUT2D eigenvalue weighted by Crippen LogP contribution is -2.36. The van der Waals surface area contributed by atoms with Gasteiger partial charge in [0.25, 0.3) is 11.1 Å². The minimum absolute atomic E-state index is 0.0526. The van der Waals surface area contributed by atoms with Crippen molar-refractivity contribution in [3.63, 3.8) is 0 Å². The molecule has 2 aromatic heterocycles. The summed E-state index contributed by atoms with van der Waals surface area (Å²) in [6.45, 7) is -0.982. The van der Waals surface area contributed by atoms with Crippen molar-refractivity contribution in [2.75, 3.05) is 24.3 Å². The molecule has 10 rings (SSSR count). The number of carboxylic acids is 1. The van der Waals surface area contributed by atoms with Gasteiger partial charge >= 0.3 is 18.6 Å². The summed E-state index contributed by atoms with van der Waals surface area (Å²) >= 11 is 0. The number of aliphatic carboxylic acids is 1. The molecule has 0 bridgehead atoms. The van der Waals surface area contributed by atoms with Crippen LogP contribution in [0, 0.1) is 11.6 Å². The fourth-order valence-electron chi connectivity index (χ4n) is 6.96. The number of amides is 1. The largest absolute Gasteiger partial charge is 0.586 e. The molecule has 4 aromatic carbocycles. The smallest absolute Gasteiger partial charge is 0.480 e. The average Bonchev–Trinajstić information content (AvgIpc) is 4.09. The van der Waals surface area contributed by atoms with Gasteiger partial charge in [-0.1, -0.05) is 24.3 Å². The second kappa shape index (κ2) is 17.8. The number of carbonyl (C=O) groups excluding carboxylic acids is 1. The fourth-order valence-corrected chi connectivity index (χ4v) is 6.96. The number of ether oxygens (including phenoxy) is 4. The van der Waals surface area contributed by atoms with Gasteiger partial charge in [0.1, 0.15) is 36.1 Å². The Morgan fingerprint density at radius 1 is 0.687 bits per heavy atom. The highest BCUT2D eigenvalue weighted by molar-refractivity contribution is 5.93. The second-order valence-electron chi connectivity index (χ2n) is 14.6.